The van der Waals surface area contributed by atoms with Crippen LogP contribution in [0.4, 0.5) is 0 Å². The van der Waals surface area contributed by atoms with Gasteiger partial charge in [-0.1, -0.05) is 18.2 Å². The van der Waals surface area contributed by atoms with Crippen LogP contribution in [0.5, 0.6) is 0 Å². The second kappa shape index (κ2) is 6.02. The van der Waals surface area contributed by atoms with Crippen LogP contribution in [0.2, 0.25) is 0 Å². The molecule has 3 heterocycles. The Balaban J connectivity index is 1.66. The molecule has 4 rings (SSSR count). The summed E-state index contributed by atoms with van der Waals surface area (Å²) in [5, 5.41) is 4.25. The van der Waals surface area contributed by atoms with Crippen LogP contribution in [0, 0.1) is 0 Å². The van der Waals surface area contributed by atoms with E-state index in [2.05, 4.69) is 5.10 Å². The van der Waals surface area contributed by atoms with Gasteiger partial charge in [-0.15, -0.1) is 0 Å². The van der Waals surface area contributed by atoms with Gasteiger partial charge in [0, 0.05) is 44.5 Å². The molecule has 2 aromatic rings. The first-order chi connectivity index (χ1) is 12.1. The number of hydrogen-bond donors (Lipinski definition) is 0. The summed E-state index contributed by atoms with van der Waals surface area (Å²) in [4.78, 5) is 29.4. The van der Waals surface area contributed by atoms with Crippen molar-refractivity contribution in [3.63, 3.8) is 0 Å². The summed E-state index contributed by atoms with van der Waals surface area (Å²) in [5.74, 6) is -0.195. The van der Waals surface area contributed by atoms with Crippen LogP contribution in [0.25, 0.3) is 0 Å². The number of likely N-dealkylation sites (N-methyl/N-ethyl adjacent to an activating group) is 1. The smallest absolute Gasteiger partial charge is 0.253 e. The predicted octanol–water partition coefficient (Wildman–Crippen LogP) is 1.95. The number of rotatable bonds is 2. The van der Waals surface area contributed by atoms with Crippen LogP contribution in [0.1, 0.15) is 46.3 Å². The highest BCUT2D eigenvalue weighted by molar-refractivity contribution is 6.00. The Morgan fingerprint density at radius 2 is 2.04 bits per heavy atom. The lowest BCUT2D eigenvalue weighted by molar-refractivity contribution is -0.134. The molecule has 0 saturated carbocycles. The van der Waals surface area contributed by atoms with Crippen molar-refractivity contribution in [2.45, 2.75) is 24.8 Å². The van der Waals surface area contributed by atoms with E-state index >= 15 is 0 Å². The number of aryl methyl sites for hydroxylation is 1. The number of aromatic nitrogens is 2. The Bertz CT molecular complexity index is 828. The van der Waals surface area contributed by atoms with E-state index in [0.29, 0.717) is 12.1 Å². The number of carbonyl (C=O) groups is 2. The van der Waals surface area contributed by atoms with Crippen molar-refractivity contribution in [2.24, 2.45) is 7.05 Å². The van der Waals surface area contributed by atoms with Crippen LogP contribution < -0.4 is 0 Å². The molecule has 2 aliphatic heterocycles. The normalized spacial score (nSPS) is 23.0. The molecule has 25 heavy (non-hydrogen) atoms. The summed E-state index contributed by atoms with van der Waals surface area (Å²) in [6.45, 7) is 1.19. The van der Waals surface area contributed by atoms with E-state index in [-0.39, 0.29) is 23.8 Å². The number of amides is 2. The van der Waals surface area contributed by atoms with E-state index in [0.717, 1.165) is 30.5 Å². The van der Waals surface area contributed by atoms with Crippen molar-refractivity contribution in [1.29, 1.82) is 0 Å². The molecule has 2 unspecified atom stereocenters. The minimum absolute atomic E-state index is 0.00937. The van der Waals surface area contributed by atoms with Crippen LogP contribution in [0.3, 0.4) is 0 Å². The van der Waals surface area contributed by atoms with E-state index in [4.69, 9.17) is 0 Å². The quantitative estimate of drug-likeness (QED) is 0.841. The standard InChI is InChI=1S/C19H22N4O2/c1-21-12-16(14-6-3-4-7-15(14)18(21)24)19(25)23-9-5-8-17(23)13-10-20-22(2)11-13/h3-4,6-7,10-11,16-17H,5,8-9,12H2,1-2H3. The summed E-state index contributed by atoms with van der Waals surface area (Å²) in [6, 6.07) is 7.57. The fourth-order valence-electron chi connectivity index (χ4n) is 4.06. The maximum atomic E-state index is 13.4. The molecular weight excluding hydrogens is 316 g/mol. The van der Waals surface area contributed by atoms with E-state index in [9.17, 15) is 9.59 Å². The zero-order chi connectivity index (χ0) is 17.6. The largest absolute Gasteiger partial charge is 0.341 e. The Kier molecular flexibility index (Phi) is 3.82. The molecule has 130 valence electrons. The van der Waals surface area contributed by atoms with Gasteiger partial charge >= 0.3 is 0 Å². The van der Waals surface area contributed by atoms with Crippen molar-refractivity contribution < 1.29 is 9.59 Å². The summed E-state index contributed by atoms with van der Waals surface area (Å²) in [6.07, 6.45) is 5.79. The van der Waals surface area contributed by atoms with Gasteiger partial charge in [0.25, 0.3) is 5.91 Å². The van der Waals surface area contributed by atoms with Crippen molar-refractivity contribution >= 4 is 11.8 Å². The average molecular weight is 338 g/mol. The molecule has 2 atom stereocenters. The zero-order valence-electron chi connectivity index (χ0n) is 14.6. The zero-order valence-corrected chi connectivity index (χ0v) is 14.6. The molecule has 1 aromatic heterocycles. The molecule has 0 bridgehead atoms. The molecule has 1 aromatic carbocycles. The predicted molar refractivity (Wildman–Crippen MR) is 93.0 cm³/mol. The first kappa shape index (κ1) is 15.9. The molecule has 0 N–H and O–H groups in total. The van der Waals surface area contributed by atoms with Crippen molar-refractivity contribution in [3.05, 3.63) is 53.3 Å². The third kappa shape index (κ3) is 2.62. The lowest BCUT2D eigenvalue weighted by Gasteiger charge is -2.35. The molecule has 6 nitrogen and oxygen atoms in total. The van der Waals surface area contributed by atoms with E-state index in [1.165, 1.54) is 0 Å². The summed E-state index contributed by atoms with van der Waals surface area (Å²) < 4.78 is 1.78. The minimum Gasteiger partial charge on any atom is -0.341 e. The second-order valence-electron chi connectivity index (χ2n) is 6.96. The van der Waals surface area contributed by atoms with E-state index < -0.39 is 0 Å². The summed E-state index contributed by atoms with van der Waals surface area (Å²) in [5.41, 5.74) is 2.58. The summed E-state index contributed by atoms with van der Waals surface area (Å²) >= 11 is 0. The third-order valence-corrected chi connectivity index (χ3v) is 5.31. The van der Waals surface area contributed by atoms with Gasteiger partial charge in [-0.05, 0) is 24.5 Å². The van der Waals surface area contributed by atoms with Crippen LogP contribution >= 0.6 is 0 Å². The molecule has 0 spiro atoms. The molecule has 2 amide bonds. The van der Waals surface area contributed by atoms with E-state index in [1.54, 1.807) is 16.6 Å². The van der Waals surface area contributed by atoms with Gasteiger partial charge in [0.2, 0.25) is 5.91 Å². The van der Waals surface area contributed by atoms with E-state index in [1.807, 2.05) is 48.6 Å². The highest BCUT2D eigenvalue weighted by atomic mass is 16.2. The van der Waals surface area contributed by atoms with Gasteiger partial charge in [0.15, 0.2) is 0 Å². The number of hydrogen-bond acceptors (Lipinski definition) is 3. The SMILES string of the molecule is CN1CC(C(=O)N2CCCC2c2cnn(C)c2)c2ccccc2C1=O. The Hall–Kier alpha value is -2.63. The molecule has 1 fully saturated rings. The van der Waals surface area contributed by atoms with Gasteiger partial charge in [-0.25, -0.2) is 0 Å². The first-order valence-corrected chi connectivity index (χ1v) is 8.69. The number of carbonyl (C=O) groups excluding carboxylic acids is 2. The monoisotopic (exact) mass is 338 g/mol. The Labute approximate surface area is 147 Å². The fraction of sp³-hybridized carbons (Fsp3) is 0.421. The first-order valence-electron chi connectivity index (χ1n) is 8.69. The van der Waals surface area contributed by atoms with Gasteiger partial charge in [-0.3, -0.25) is 14.3 Å². The Morgan fingerprint density at radius 3 is 2.80 bits per heavy atom. The number of likely N-dealkylation sites (tertiary alicyclic amines) is 1. The minimum atomic E-state index is -0.295. The molecular formula is C19H22N4O2. The van der Waals surface area contributed by atoms with Crippen molar-refractivity contribution in [1.82, 2.24) is 19.6 Å². The third-order valence-electron chi connectivity index (χ3n) is 5.31. The van der Waals surface area contributed by atoms with Gasteiger partial charge in [0.1, 0.15) is 0 Å². The second-order valence-corrected chi connectivity index (χ2v) is 6.96. The topological polar surface area (TPSA) is 58.4 Å². The number of fused-ring (bicyclic) bond motifs is 1. The average Bonchev–Trinajstić information content (AvgIpc) is 3.26. The number of benzene rings is 1. The van der Waals surface area contributed by atoms with Gasteiger partial charge in [-0.2, -0.15) is 5.10 Å². The molecule has 0 aliphatic carbocycles. The number of nitrogens with zero attached hydrogens (tertiary/aromatic N) is 4. The lowest BCUT2D eigenvalue weighted by Crippen LogP contribution is -2.44. The van der Waals surface area contributed by atoms with Crippen molar-refractivity contribution in [2.75, 3.05) is 20.1 Å². The fourth-order valence-corrected chi connectivity index (χ4v) is 4.06. The Morgan fingerprint density at radius 1 is 1.24 bits per heavy atom. The van der Waals surface area contributed by atoms with Crippen LogP contribution in [-0.4, -0.2) is 51.5 Å². The van der Waals surface area contributed by atoms with Gasteiger partial charge in [0.05, 0.1) is 18.2 Å². The lowest BCUT2D eigenvalue weighted by atomic mass is 9.88. The van der Waals surface area contributed by atoms with Gasteiger partial charge < -0.3 is 9.80 Å². The molecule has 1 saturated heterocycles. The van der Waals surface area contributed by atoms with Crippen LogP contribution in [0.15, 0.2) is 36.7 Å². The maximum absolute atomic E-state index is 13.4. The highest BCUT2D eigenvalue weighted by Crippen LogP contribution is 2.36. The molecule has 0 radical (unpaired) electrons. The maximum Gasteiger partial charge on any atom is 0.253 e. The molecule has 6 heteroatoms. The highest BCUT2D eigenvalue weighted by Gasteiger charge is 2.39. The van der Waals surface area contributed by atoms with Crippen LogP contribution in [-0.2, 0) is 11.8 Å². The van der Waals surface area contributed by atoms with Crippen molar-refractivity contribution in [3.8, 4) is 0 Å². The summed E-state index contributed by atoms with van der Waals surface area (Å²) in [7, 11) is 3.66. The molecule has 2 aliphatic rings.